The van der Waals surface area contributed by atoms with E-state index in [1.807, 2.05) is 11.9 Å². The number of rotatable bonds is 1. The summed E-state index contributed by atoms with van der Waals surface area (Å²) >= 11 is 0. The van der Waals surface area contributed by atoms with E-state index < -0.39 is 0 Å². The van der Waals surface area contributed by atoms with Gasteiger partial charge in [-0.15, -0.1) is 24.8 Å². The number of carbonyl (C=O) groups excluding carboxylic acids is 1. The Hall–Kier alpha value is -0.0300. The fourth-order valence-corrected chi connectivity index (χ4v) is 2.48. The van der Waals surface area contributed by atoms with Crippen LogP contribution in [-0.2, 0) is 4.79 Å². The minimum atomic E-state index is 0. The van der Waals surface area contributed by atoms with Gasteiger partial charge in [-0.05, 0) is 25.9 Å². The van der Waals surface area contributed by atoms with Crippen LogP contribution >= 0.6 is 24.8 Å². The molecule has 2 saturated heterocycles. The number of nitrogens with zero attached hydrogens (tertiary/aromatic N) is 2. The van der Waals surface area contributed by atoms with Crippen LogP contribution in [0.5, 0.6) is 0 Å². The molecule has 2 rings (SSSR count). The molecule has 0 unspecified atom stereocenters. The molecule has 0 saturated carbocycles. The minimum absolute atomic E-state index is 0. The molecule has 0 aromatic heterocycles. The molecule has 2 aliphatic heterocycles. The average molecular weight is 284 g/mol. The number of halogens is 2. The zero-order chi connectivity index (χ0) is 10.7. The first-order chi connectivity index (χ1) is 7.27. The summed E-state index contributed by atoms with van der Waals surface area (Å²) in [4.78, 5) is 15.9. The van der Waals surface area contributed by atoms with Crippen molar-refractivity contribution in [2.24, 2.45) is 0 Å². The van der Waals surface area contributed by atoms with Crippen LogP contribution < -0.4 is 5.32 Å². The number of piperidine rings is 1. The van der Waals surface area contributed by atoms with E-state index >= 15 is 0 Å². The highest BCUT2D eigenvalue weighted by atomic mass is 35.5. The Bertz CT molecular complexity index is 235. The molecule has 0 aliphatic carbocycles. The van der Waals surface area contributed by atoms with Gasteiger partial charge in [0.2, 0.25) is 5.91 Å². The summed E-state index contributed by atoms with van der Waals surface area (Å²) in [6.07, 6.45) is 3.16. The number of likely N-dealkylation sites (N-methyl/N-ethyl adjacent to an activating group) is 1. The van der Waals surface area contributed by atoms with Crippen molar-refractivity contribution >= 4 is 30.7 Å². The van der Waals surface area contributed by atoms with E-state index in [0.717, 1.165) is 32.7 Å². The van der Waals surface area contributed by atoms with Gasteiger partial charge in [0.1, 0.15) is 0 Å². The van der Waals surface area contributed by atoms with E-state index in [1.165, 1.54) is 12.8 Å². The van der Waals surface area contributed by atoms with Crippen LogP contribution in [0, 0.1) is 0 Å². The van der Waals surface area contributed by atoms with Gasteiger partial charge < -0.3 is 10.2 Å². The smallest absolute Gasteiger partial charge is 0.223 e. The van der Waals surface area contributed by atoms with Gasteiger partial charge in [0, 0.05) is 39.1 Å². The topological polar surface area (TPSA) is 35.6 Å². The molecule has 0 atom stereocenters. The number of nitrogens with one attached hydrogen (secondary N) is 1. The fourth-order valence-electron chi connectivity index (χ4n) is 2.48. The van der Waals surface area contributed by atoms with Crippen molar-refractivity contribution in [1.29, 1.82) is 0 Å². The van der Waals surface area contributed by atoms with Gasteiger partial charge in [-0.2, -0.15) is 0 Å². The lowest BCUT2D eigenvalue weighted by Crippen LogP contribution is -2.44. The molecular weight excluding hydrogens is 261 g/mol. The van der Waals surface area contributed by atoms with Crippen molar-refractivity contribution in [2.45, 2.75) is 25.3 Å². The second kappa shape index (κ2) is 8.14. The van der Waals surface area contributed by atoms with Gasteiger partial charge in [-0.25, -0.2) is 0 Å². The molecule has 1 amide bonds. The summed E-state index contributed by atoms with van der Waals surface area (Å²) in [5, 5.41) is 3.38. The van der Waals surface area contributed by atoms with E-state index in [-0.39, 0.29) is 24.8 Å². The fraction of sp³-hybridized carbons (Fsp3) is 0.909. The first-order valence-electron chi connectivity index (χ1n) is 5.96. The summed E-state index contributed by atoms with van der Waals surface area (Å²) in [6.45, 7) is 5.15. The molecule has 2 heterocycles. The average Bonchev–Trinajstić information content (AvgIpc) is 2.44. The molecule has 0 aromatic carbocycles. The van der Waals surface area contributed by atoms with Crippen LogP contribution in [0.4, 0.5) is 0 Å². The van der Waals surface area contributed by atoms with Gasteiger partial charge in [0.05, 0.1) is 0 Å². The lowest BCUT2D eigenvalue weighted by Gasteiger charge is -2.33. The van der Waals surface area contributed by atoms with Crippen molar-refractivity contribution in [3.05, 3.63) is 0 Å². The first-order valence-corrected chi connectivity index (χ1v) is 5.96. The summed E-state index contributed by atoms with van der Waals surface area (Å²) in [7, 11) is 1.91. The summed E-state index contributed by atoms with van der Waals surface area (Å²) in [5.41, 5.74) is 0. The van der Waals surface area contributed by atoms with E-state index in [2.05, 4.69) is 10.2 Å². The lowest BCUT2D eigenvalue weighted by molar-refractivity contribution is -0.129. The highest BCUT2D eigenvalue weighted by Crippen LogP contribution is 2.14. The minimum Gasteiger partial charge on any atom is -0.344 e. The van der Waals surface area contributed by atoms with Gasteiger partial charge in [-0.1, -0.05) is 0 Å². The predicted octanol–water partition coefficient (Wildman–Crippen LogP) is 0.746. The van der Waals surface area contributed by atoms with Crippen molar-refractivity contribution in [1.82, 2.24) is 15.1 Å². The number of carbonyl (C=O) groups is 1. The Labute approximate surface area is 116 Å². The zero-order valence-corrected chi connectivity index (χ0v) is 12.0. The number of hydrogen-bond acceptors (Lipinski definition) is 3. The Kier molecular flexibility index (Phi) is 8.12. The van der Waals surface area contributed by atoms with E-state index in [9.17, 15) is 4.79 Å². The Balaban J connectivity index is 0.00000128. The maximum atomic E-state index is 11.5. The van der Waals surface area contributed by atoms with E-state index in [1.54, 1.807) is 0 Å². The van der Waals surface area contributed by atoms with Crippen molar-refractivity contribution < 1.29 is 4.79 Å². The molecule has 0 bridgehead atoms. The van der Waals surface area contributed by atoms with Gasteiger partial charge in [0.25, 0.3) is 0 Å². The van der Waals surface area contributed by atoms with E-state index in [4.69, 9.17) is 0 Å². The van der Waals surface area contributed by atoms with Crippen molar-refractivity contribution in [2.75, 3.05) is 39.8 Å². The molecule has 2 fully saturated rings. The van der Waals surface area contributed by atoms with Gasteiger partial charge in [0.15, 0.2) is 0 Å². The molecular formula is C11H23Cl2N3O. The zero-order valence-electron chi connectivity index (χ0n) is 10.4. The molecule has 4 nitrogen and oxygen atoms in total. The molecule has 17 heavy (non-hydrogen) atoms. The third kappa shape index (κ3) is 4.62. The Morgan fingerprint density at radius 1 is 1.12 bits per heavy atom. The third-order valence-corrected chi connectivity index (χ3v) is 3.59. The molecule has 6 heteroatoms. The number of hydrogen-bond donors (Lipinski definition) is 1. The SMILES string of the molecule is CN1CCN(C2CCNCC2)CCC1=O.Cl.Cl. The highest BCUT2D eigenvalue weighted by Gasteiger charge is 2.24. The summed E-state index contributed by atoms with van der Waals surface area (Å²) in [5.74, 6) is 0.298. The van der Waals surface area contributed by atoms with Crippen LogP contribution in [0.15, 0.2) is 0 Å². The van der Waals surface area contributed by atoms with Crippen LogP contribution in [0.3, 0.4) is 0 Å². The molecule has 0 aromatic rings. The molecule has 1 N–H and O–H groups in total. The van der Waals surface area contributed by atoms with Gasteiger partial charge in [-0.3, -0.25) is 9.69 Å². The van der Waals surface area contributed by atoms with Crippen LogP contribution in [0.2, 0.25) is 0 Å². The van der Waals surface area contributed by atoms with Crippen LogP contribution in [0.1, 0.15) is 19.3 Å². The highest BCUT2D eigenvalue weighted by molar-refractivity contribution is 5.85. The quantitative estimate of drug-likeness (QED) is 0.771. The van der Waals surface area contributed by atoms with Crippen molar-refractivity contribution in [3.8, 4) is 0 Å². The third-order valence-electron chi connectivity index (χ3n) is 3.59. The summed E-state index contributed by atoms with van der Waals surface area (Å²) in [6, 6.07) is 0.700. The monoisotopic (exact) mass is 283 g/mol. The lowest BCUT2D eigenvalue weighted by atomic mass is 10.0. The Morgan fingerprint density at radius 3 is 2.41 bits per heavy atom. The molecule has 102 valence electrons. The molecule has 0 spiro atoms. The summed E-state index contributed by atoms with van der Waals surface area (Å²) < 4.78 is 0. The Morgan fingerprint density at radius 2 is 1.76 bits per heavy atom. The van der Waals surface area contributed by atoms with Crippen LogP contribution in [-0.4, -0.2) is 61.5 Å². The predicted molar refractivity (Wildman–Crippen MR) is 74.2 cm³/mol. The largest absolute Gasteiger partial charge is 0.344 e. The van der Waals surface area contributed by atoms with E-state index in [0.29, 0.717) is 18.4 Å². The van der Waals surface area contributed by atoms with Crippen LogP contribution in [0.25, 0.3) is 0 Å². The molecule has 2 aliphatic rings. The first kappa shape index (κ1) is 17.0. The maximum absolute atomic E-state index is 11.5. The standard InChI is InChI=1S/C11H21N3O.2ClH/c1-13-8-9-14(7-4-11(13)15)10-2-5-12-6-3-10;;/h10,12H,2-9H2,1H3;2*1H. The number of amides is 1. The second-order valence-corrected chi connectivity index (χ2v) is 4.58. The maximum Gasteiger partial charge on any atom is 0.223 e. The second-order valence-electron chi connectivity index (χ2n) is 4.58. The molecule has 0 radical (unpaired) electrons. The van der Waals surface area contributed by atoms with Crippen molar-refractivity contribution in [3.63, 3.8) is 0 Å². The van der Waals surface area contributed by atoms with Gasteiger partial charge >= 0.3 is 0 Å². The normalized spacial score (nSPS) is 23.6.